The second kappa shape index (κ2) is 11.5. The molecule has 15 nitrogen and oxygen atoms in total. The van der Waals surface area contributed by atoms with E-state index in [1.807, 2.05) is 27.7 Å². The highest BCUT2D eigenvalue weighted by Crippen LogP contribution is 2.38. The first-order chi connectivity index (χ1) is 19.2. The van der Waals surface area contributed by atoms with Crippen molar-refractivity contribution in [3.05, 3.63) is 59.7 Å². The van der Waals surface area contributed by atoms with Crippen LogP contribution in [0.4, 0.5) is 16.2 Å². The van der Waals surface area contributed by atoms with Crippen LogP contribution in [-0.4, -0.2) is 96.4 Å². The van der Waals surface area contributed by atoms with Gasteiger partial charge in [0.15, 0.2) is 0 Å². The summed E-state index contributed by atoms with van der Waals surface area (Å²) in [7, 11) is 0. The number of nitrogens with zero attached hydrogens (tertiary/aromatic N) is 3. The molecule has 2 aromatic carbocycles. The van der Waals surface area contributed by atoms with E-state index in [9.17, 15) is 49.8 Å². The highest BCUT2D eigenvalue weighted by atomic mass is 16.9. The van der Waals surface area contributed by atoms with Crippen molar-refractivity contribution in [2.24, 2.45) is 0 Å². The molecule has 1 atom stereocenters. The Morgan fingerprint density at radius 1 is 0.780 bits per heavy atom. The van der Waals surface area contributed by atoms with Crippen LogP contribution in [0.25, 0.3) is 0 Å². The van der Waals surface area contributed by atoms with Crippen molar-refractivity contribution >= 4 is 35.2 Å². The number of carbonyl (C=O) groups excluding carboxylic acids is 4. The lowest BCUT2D eigenvalue weighted by Gasteiger charge is -2.48. The average Bonchev–Trinajstić information content (AvgIpc) is 3.42. The van der Waals surface area contributed by atoms with E-state index in [4.69, 9.17) is 4.74 Å². The van der Waals surface area contributed by atoms with Crippen LogP contribution in [-0.2, 0) is 14.3 Å². The first-order valence-corrected chi connectivity index (χ1v) is 12.7. The van der Waals surface area contributed by atoms with Gasteiger partial charge in [0, 0.05) is 11.4 Å². The Morgan fingerprint density at radius 3 is 1.78 bits per heavy atom. The zero-order valence-electron chi connectivity index (χ0n) is 22.6. The fraction of sp³-hybridized carbons (Fsp3) is 0.385. The molecule has 6 N–H and O–H groups in total. The molecule has 2 saturated heterocycles. The molecule has 3 heterocycles. The van der Waals surface area contributed by atoms with Crippen LogP contribution in [0.1, 0.15) is 48.4 Å². The molecule has 3 aliphatic heterocycles. The van der Waals surface area contributed by atoms with Crippen molar-refractivity contribution in [1.82, 2.24) is 4.90 Å². The molecule has 3 aliphatic rings. The molecule has 1 unspecified atom stereocenters. The van der Waals surface area contributed by atoms with Gasteiger partial charge in [0.2, 0.25) is 0 Å². The Hall–Kier alpha value is -3.96. The molecule has 0 radical (unpaired) electrons. The lowest BCUT2D eigenvalue weighted by molar-refractivity contribution is -0.532. The predicted octanol–water partition coefficient (Wildman–Crippen LogP) is -0.361. The van der Waals surface area contributed by atoms with Crippen LogP contribution in [0.5, 0.6) is 0 Å². The molecule has 0 spiro atoms. The Labute approximate surface area is 234 Å². The van der Waals surface area contributed by atoms with E-state index >= 15 is 0 Å². The fourth-order valence-electron chi connectivity index (χ4n) is 4.26. The highest BCUT2D eigenvalue weighted by molar-refractivity contribution is 6.21. The van der Waals surface area contributed by atoms with E-state index in [2.05, 4.69) is 4.74 Å². The summed E-state index contributed by atoms with van der Waals surface area (Å²) in [5, 5.41) is 58.8. The van der Waals surface area contributed by atoms with Crippen LogP contribution in [0.2, 0.25) is 0 Å². The lowest BCUT2D eigenvalue weighted by atomic mass is 10.1. The number of fused-ring (bicyclic) bond motifs is 1. The van der Waals surface area contributed by atoms with Gasteiger partial charge in [-0.1, -0.05) is 39.8 Å². The van der Waals surface area contributed by atoms with E-state index in [-0.39, 0.29) is 34.8 Å². The van der Waals surface area contributed by atoms with Crippen molar-refractivity contribution in [1.29, 1.82) is 0 Å². The van der Waals surface area contributed by atoms with Crippen LogP contribution in [0.15, 0.2) is 48.5 Å². The second-order valence-corrected chi connectivity index (χ2v) is 8.49. The Kier molecular flexibility index (Phi) is 8.85. The standard InChI is InChI=1S/C22H19N3O12.2C2H6/c26-16-14-3-1-2-4-15(14)17(27)24(16)10-13-9-23(19(29)36-13)11-5-7-12(8-6-11)25-18(28)20(30,31)37-22(34,35)21(25,32)33;2*1-2/h1-8,13,30-35H,9-10H2;2*1-2H3. The number of cyclic esters (lactones) is 1. The smallest absolute Gasteiger partial charge is 0.414 e. The molecular formula is C26H31N3O12. The molecule has 0 aromatic heterocycles. The molecule has 41 heavy (non-hydrogen) atoms. The minimum atomic E-state index is -4.00. The molecule has 0 aliphatic carbocycles. The predicted molar refractivity (Wildman–Crippen MR) is 139 cm³/mol. The lowest BCUT2D eigenvalue weighted by Crippen LogP contribution is -2.78. The molecule has 5 rings (SSSR count). The van der Waals surface area contributed by atoms with Gasteiger partial charge in [-0.25, -0.2) is 9.69 Å². The SMILES string of the molecule is CC.CC.O=C1c2ccccc2C(=O)N1CC1CN(c2ccc(N3C(=O)C(O)(O)OC(O)(O)C3(O)O)cc2)C(=O)O1. The Bertz CT molecular complexity index is 1290. The highest BCUT2D eigenvalue weighted by Gasteiger charge is 2.68. The summed E-state index contributed by atoms with van der Waals surface area (Å²) in [5.74, 6) is -14.5. The van der Waals surface area contributed by atoms with E-state index in [0.717, 1.165) is 21.9 Å². The van der Waals surface area contributed by atoms with Crippen molar-refractivity contribution in [3.63, 3.8) is 0 Å². The third kappa shape index (κ3) is 5.39. The number of hydrogen-bond acceptors (Lipinski definition) is 12. The van der Waals surface area contributed by atoms with Gasteiger partial charge in [-0.05, 0) is 36.4 Å². The summed E-state index contributed by atoms with van der Waals surface area (Å²) in [4.78, 5) is 51.9. The molecule has 2 fully saturated rings. The third-order valence-electron chi connectivity index (χ3n) is 6.07. The maximum atomic E-state index is 12.6. The van der Waals surface area contributed by atoms with Gasteiger partial charge in [0.25, 0.3) is 11.8 Å². The topological polar surface area (TPSA) is 218 Å². The molecule has 2 aromatic rings. The maximum absolute atomic E-state index is 12.6. The van der Waals surface area contributed by atoms with Gasteiger partial charge >= 0.3 is 29.9 Å². The molecular weight excluding hydrogens is 546 g/mol. The summed E-state index contributed by atoms with van der Waals surface area (Å²) >= 11 is 0. The summed E-state index contributed by atoms with van der Waals surface area (Å²) in [6.07, 6.45) is -1.68. The summed E-state index contributed by atoms with van der Waals surface area (Å²) < 4.78 is 9.16. The molecule has 4 amide bonds. The third-order valence-corrected chi connectivity index (χ3v) is 6.07. The number of morpholine rings is 1. The van der Waals surface area contributed by atoms with Crippen LogP contribution in [0, 0.1) is 0 Å². The zero-order valence-corrected chi connectivity index (χ0v) is 22.6. The van der Waals surface area contributed by atoms with Crippen molar-refractivity contribution < 1.29 is 59.3 Å². The number of rotatable bonds is 4. The quantitative estimate of drug-likeness (QED) is 0.203. The average molecular weight is 578 g/mol. The molecule has 0 bridgehead atoms. The van der Waals surface area contributed by atoms with Gasteiger partial charge in [-0.2, -0.15) is 0 Å². The number of amides is 4. The Balaban J connectivity index is 0.00000111. The minimum absolute atomic E-state index is 0.0706. The summed E-state index contributed by atoms with van der Waals surface area (Å²) in [6, 6.07) is 10.8. The van der Waals surface area contributed by atoms with Crippen LogP contribution < -0.4 is 9.80 Å². The second-order valence-electron chi connectivity index (χ2n) is 8.49. The van der Waals surface area contributed by atoms with Crippen molar-refractivity contribution in [3.8, 4) is 0 Å². The summed E-state index contributed by atoms with van der Waals surface area (Å²) in [6.45, 7) is 7.73. The van der Waals surface area contributed by atoms with Crippen LogP contribution in [0.3, 0.4) is 0 Å². The Morgan fingerprint density at radius 2 is 1.27 bits per heavy atom. The number of carbonyl (C=O) groups is 4. The number of anilines is 2. The number of imide groups is 1. The van der Waals surface area contributed by atoms with Gasteiger partial charge in [-0.15, -0.1) is 0 Å². The number of ether oxygens (including phenoxy) is 2. The van der Waals surface area contributed by atoms with Gasteiger partial charge in [-0.3, -0.25) is 28.9 Å². The van der Waals surface area contributed by atoms with E-state index in [0.29, 0.717) is 0 Å². The maximum Gasteiger partial charge on any atom is 0.414 e. The van der Waals surface area contributed by atoms with Gasteiger partial charge < -0.3 is 35.4 Å². The first-order valence-electron chi connectivity index (χ1n) is 12.7. The van der Waals surface area contributed by atoms with Gasteiger partial charge in [0.05, 0.1) is 24.2 Å². The fourth-order valence-corrected chi connectivity index (χ4v) is 4.26. The summed E-state index contributed by atoms with van der Waals surface area (Å²) in [5.41, 5.74) is 0.224. The minimum Gasteiger partial charge on any atom is -0.442 e. The van der Waals surface area contributed by atoms with E-state index in [1.54, 1.807) is 12.1 Å². The van der Waals surface area contributed by atoms with E-state index in [1.165, 1.54) is 24.3 Å². The van der Waals surface area contributed by atoms with Crippen molar-refractivity contribution in [2.45, 2.75) is 51.7 Å². The van der Waals surface area contributed by atoms with E-state index < -0.39 is 53.5 Å². The first kappa shape index (κ1) is 31.6. The molecule has 0 saturated carbocycles. The van der Waals surface area contributed by atoms with Crippen LogP contribution >= 0.6 is 0 Å². The molecule has 222 valence electrons. The van der Waals surface area contributed by atoms with Gasteiger partial charge in [0.1, 0.15) is 6.10 Å². The van der Waals surface area contributed by atoms with Crippen molar-refractivity contribution in [2.75, 3.05) is 22.9 Å². The monoisotopic (exact) mass is 577 g/mol. The number of aliphatic hydroxyl groups is 6. The number of benzene rings is 2. The normalized spacial score (nSPS) is 21.9. The number of hydrogen-bond donors (Lipinski definition) is 6. The molecule has 15 heteroatoms. The zero-order chi connectivity index (χ0) is 30.9. The largest absolute Gasteiger partial charge is 0.442 e.